The number of amides is 1. The van der Waals surface area contributed by atoms with Crippen molar-refractivity contribution in [3.05, 3.63) is 24.3 Å². The van der Waals surface area contributed by atoms with E-state index in [0.29, 0.717) is 25.7 Å². The van der Waals surface area contributed by atoms with Crippen LogP contribution in [0.2, 0.25) is 0 Å². The zero-order valence-corrected chi connectivity index (χ0v) is 17.2. The fraction of sp³-hybridized carbons (Fsp3) is 0.526. The molecular weight excluding hydrogens is 376 g/mol. The maximum atomic E-state index is 11.8. The Morgan fingerprint density at radius 1 is 1.32 bits per heavy atom. The Balaban J connectivity index is 1.36. The normalized spacial score (nSPS) is 15.5. The Morgan fingerprint density at radius 3 is 2.82 bits per heavy atom. The van der Waals surface area contributed by atoms with Gasteiger partial charge in [0.25, 0.3) is 0 Å². The van der Waals surface area contributed by atoms with Crippen molar-refractivity contribution >= 4 is 38.7 Å². The second-order valence-corrected chi connectivity index (χ2v) is 7.55. The first kappa shape index (κ1) is 20.2. The zero-order chi connectivity index (χ0) is 19.8. The quantitative estimate of drug-likeness (QED) is 0.389. The molecule has 0 saturated carbocycles. The van der Waals surface area contributed by atoms with E-state index < -0.39 is 0 Å². The second kappa shape index (κ2) is 10.1. The first-order valence-electron chi connectivity index (χ1n) is 9.68. The van der Waals surface area contributed by atoms with Crippen molar-refractivity contribution in [3.63, 3.8) is 0 Å². The number of carbonyl (C=O) groups excluding carboxylic acids is 1. The van der Waals surface area contributed by atoms with Gasteiger partial charge < -0.3 is 25.6 Å². The monoisotopic (exact) mass is 404 g/mol. The molecular formula is C19H28N6O2S. The lowest BCUT2D eigenvalue weighted by Gasteiger charge is -2.32. The number of aliphatic imine (C=N–C) groups is 1. The average molecular weight is 405 g/mol. The van der Waals surface area contributed by atoms with Crippen LogP contribution in [0, 0.1) is 0 Å². The number of likely N-dealkylation sites (tertiary alicyclic amines) is 1. The molecule has 0 radical (unpaired) electrons. The van der Waals surface area contributed by atoms with E-state index >= 15 is 0 Å². The summed E-state index contributed by atoms with van der Waals surface area (Å²) in [5.41, 5.74) is 1.02. The molecule has 1 fully saturated rings. The lowest BCUT2D eigenvalue weighted by molar-refractivity contribution is 0.0963. The number of rotatable bonds is 6. The topological polar surface area (TPSA) is 90.9 Å². The van der Waals surface area contributed by atoms with Gasteiger partial charge in [0, 0.05) is 39.3 Å². The van der Waals surface area contributed by atoms with E-state index in [1.807, 2.05) is 25.1 Å². The van der Waals surface area contributed by atoms with Crippen LogP contribution in [0.5, 0.6) is 0 Å². The van der Waals surface area contributed by atoms with Crippen LogP contribution in [0.3, 0.4) is 0 Å². The van der Waals surface area contributed by atoms with Crippen LogP contribution < -0.4 is 16.0 Å². The van der Waals surface area contributed by atoms with Crippen molar-refractivity contribution in [2.75, 3.05) is 45.2 Å². The molecule has 3 N–H and O–H groups in total. The third-order valence-corrected chi connectivity index (χ3v) is 5.57. The van der Waals surface area contributed by atoms with Gasteiger partial charge in [0.1, 0.15) is 0 Å². The number of piperidine rings is 1. The number of aromatic nitrogens is 1. The number of ether oxygens (including phenoxy) is 1. The predicted molar refractivity (Wildman–Crippen MR) is 114 cm³/mol. The van der Waals surface area contributed by atoms with Gasteiger partial charge in [-0.25, -0.2) is 9.78 Å². The maximum absolute atomic E-state index is 11.8. The van der Waals surface area contributed by atoms with E-state index in [2.05, 4.69) is 32.0 Å². The summed E-state index contributed by atoms with van der Waals surface area (Å²) in [6, 6.07) is 8.43. The highest BCUT2D eigenvalue weighted by molar-refractivity contribution is 7.22. The molecule has 0 bridgehead atoms. The third kappa shape index (κ3) is 5.48. The van der Waals surface area contributed by atoms with Crippen molar-refractivity contribution in [2.45, 2.75) is 25.8 Å². The highest BCUT2D eigenvalue weighted by Crippen LogP contribution is 2.24. The van der Waals surface area contributed by atoms with Gasteiger partial charge in [-0.3, -0.25) is 4.99 Å². The standard InChI is InChI=1S/C19H28N6O2S/c1-3-27-19(26)25-12-8-14(9-13-25)23-17(20-2)21-10-11-22-18-24-15-6-4-5-7-16(15)28-18/h4-7,14H,3,8-13H2,1-2H3,(H,22,24)(H2,20,21,23). The molecule has 152 valence electrons. The zero-order valence-electron chi connectivity index (χ0n) is 16.4. The predicted octanol–water partition coefficient (Wildman–Crippen LogP) is 2.49. The molecule has 1 aromatic carbocycles. The molecule has 0 spiro atoms. The number of para-hydroxylation sites is 1. The molecule has 0 unspecified atom stereocenters. The van der Waals surface area contributed by atoms with Crippen LogP contribution >= 0.6 is 11.3 Å². The number of carbonyl (C=O) groups is 1. The van der Waals surface area contributed by atoms with E-state index in [1.165, 1.54) is 4.70 Å². The minimum Gasteiger partial charge on any atom is -0.450 e. The Kier molecular flexibility index (Phi) is 7.30. The van der Waals surface area contributed by atoms with Crippen LogP contribution in [-0.4, -0.2) is 67.8 Å². The van der Waals surface area contributed by atoms with Crippen molar-refractivity contribution in [3.8, 4) is 0 Å². The van der Waals surface area contributed by atoms with Gasteiger partial charge in [0.15, 0.2) is 11.1 Å². The molecule has 1 aliphatic heterocycles. The lowest BCUT2D eigenvalue weighted by Crippen LogP contribution is -2.50. The number of anilines is 1. The molecule has 8 nitrogen and oxygen atoms in total. The number of nitrogens with one attached hydrogen (secondary N) is 3. The van der Waals surface area contributed by atoms with Crippen LogP contribution in [0.4, 0.5) is 9.93 Å². The number of hydrogen-bond acceptors (Lipinski definition) is 6. The minimum absolute atomic E-state index is 0.218. The number of thiazole rings is 1. The smallest absolute Gasteiger partial charge is 0.409 e. The lowest BCUT2D eigenvalue weighted by atomic mass is 10.1. The summed E-state index contributed by atoms with van der Waals surface area (Å²) in [5, 5.41) is 11.0. The van der Waals surface area contributed by atoms with Gasteiger partial charge in [0.2, 0.25) is 0 Å². The van der Waals surface area contributed by atoms with Gasteiger partial charge in [0.05, 0.1) is 16.8 Å². The Bertz CT molecular complexity index is 768. The molecule has 3 rings (SSSR count). The minimum atomic E-state index is -0.218. The van der Waals surface area contributed by atoms with E-state index in [-0.39, 0.29) is 6.09 Å². The molecule has 1 aromatic heterocycles. The van der Waals surface area contributed by atoms with Crippen LogP contribution in [-0.2, 0) is 4.74 Å². The van der Waals surface area contributed by atoms with E-state index in [1.54, 1.807) is 23.3 Å². The summed E-state index contributed by atoms with van der Waals surface area (Å²) in [4.78, 5) is 22.4. The van der Waals surface area contributed by atoms with Gasteiger partial charge in [-0.2, -0.15) is 0 Å². The van der Waals surface area contributed by atoms with E-state index in [4.69, 9.17) is 4.74 Å². The fourth-order valence-corrected chi connectivity index (χ4v) is 4.00. The summed E-state index contributed by atoms with van der Waals surface area (Å²) >= 11 is 1.66. The summed E-state index contributed by atoms with van der Waals surface area (Å²) in [6.07, 6.45) is 1.54. The van der Waals surface area contributed by atoms with Crippen LogP contribution in [0.25, 0.3) is 10.2 Å². The SMILES string of the molecule is CCOC(=O)N1CCC(NC(=NC)NCCNc2nc3ccccc3s2)CC1. The van der Waals surface area contributed by atoms with Gasteiger partial charge in [-0.1, -0.05) is 23.5 Å². The highest BCUT2D eigenvalue weighted by atomic mass is 32.1. The number of benzene rings is 1. The van der Waals surface area contributed by atoms with Crippen molar-refractivity contribution in [1.82, 2.24) is 20.5 Å². The largest absolute Gasteiger partial charge is 0.450 e. The fourth-order valence-electron chi connectivity index (χ4n) is 3.11. The average Bonchev–Trinajstić information content (AvgIpc) is 3.13. The summed E-state index contributed by atoms with van der Waals surface area (Å²) in [6.45, 7) is 5.13. The number of nitrogens with zero attached hydrogens (tertiary/aromatic N) is 3. The molecule has 2 heterocycles. The summed E-state index contributed by atoms with van der Waals surface area (Å²) in [5.74, 6) is 0.778. The van der Waals surface area contributed by atoms with Gasteiger partial charge in [-0.15, -0.1) is 0 Å². The Labute approximate surface area is 169 Å². The summed E-state index contributed by atoms with van der Waals surface area (Å²) < 4.78 is 6.24. The molecule has 1 saturated heterocycles. The van der Waals surface area contributed by atoms with Crippen molar-refractivity contribution in [1.29, 1.82) is 0 Å². The molecule has 0 aliphatic carbocycles. The second-order valence-electron chi connectivity index (χ2n) is 6.52. The number of hydrogen-bond donors (Lipinski definition) is 3. The van der Waals surface area contributed by atoms with E-state index in [9.17, 15) is 4.79 Å². The first-order chi connectivity index (χ1) is 13.7. The van der Waals surface area contributed by atoms with Crippen molar-refractivity contribution < 1.29 is 9.53 Å². The van der Waals surface area contributed by atoms with Gasteiger partial charge in [-0.05, 0) is 31.9 Å². The maximum Gasteiger partial charge on any atom is 0.409 e. The number of guanidine groups is 1. The Morgan fingerprint density at radius 2 is 2.11 bits per heavy atom. The highest BCUT2D eigenvalue weighted by Gasteiger charge is 2.23. The summed E-state index contributed by atoms with van der Waals surface area (Å²) in [7, 11) is 1.77. The molecule has 0 atom stereocenters. The van der Waals surface area contributed by atoms with Crippen LogP contribution in [0.1, 0.15) is 19.8 Å². The molecule has 28 heavy (non-hydrogen) atoms. The van der Waals surface area contributed by atoms with Gasteiger partial charge >= 0.3 is 6.09 Å². The molecule has 1 aliphatic rings. The molecule has 1 amide bonds. The number of fused-ring (bicyclic) bond motifs is 1. The first-order valence-corrected chi connectivity index (χ1v) is 10.5. The van der Waals surface area contributed by atoms with Crippen LogP contribution in [0.15, 0.2) is 29.3 Å². The van der Waals surface area contributed by atoms with Crippen molar-refractivity contribution in [2.24, 2.45) is 4.99 Å². The molecule has 9 heteroatoms. The third-order valence-electron chi connectivity index (χ3n) is 4.57. The van der Waals surface area contributed by atoms with E-state index in [0.717, 1.165) is 42.5 Å². The Hall–Kier alpha value is -2.55. The molecule has 2 aromatic rings.